The van der Waals surface area contributed by atoms with Crippen molar-refractivity contribution in [2.45, 2.75) is 32.7 Å². The van der Waals surface area contributed by atoms with Gasteiger partial charge in [-0.05, 0) is 68.1 Å². The van der Waals surface area contributed by atoms with Crippen molar-refractivity contribution < 1.29 is 9.59 Å². The van der Waals surface area contributed by atoms with Crippen molar-refractivity contribution in [2.75, 3.05) is 23.7 Å². The molecular weight excluding hydrogens is 400 g/mol. The van der Waals surface area contributed by atoms with E-state index in [0.717, 1.165) is 42.7 Å². The maximum Gasteiger partial charge on any atom is 0.257 e. The Labute approximate surface area is 188 Å². The highest BCUT2D eigenvalue weighted by molar-refractivity contribution is 6.04. The van der Waals surface area contributed by atoms with Crippen LogP contribution in [0.25, 0.3) is 0 Å². The van der Waals surface area contributed by atoms with Crippen LogP contribution in [0.3, 0.4) is 0 Å². The zero-order valence-electron chi connectivity index (χ0n) is 18.3. The van der Waals surface area contributed by atoms with E-state index in [1.807, 2.05) is 66.4 Å². The second kappa shape index (κ2) is 10.1. The molecule has 0 unspecified atom stereocenters. The molecule has 0 aliphatic carbocycles. The minimum Gasteiger partial charge on any atom is -0.365 e. The number of piperidine rings is 1. The zero-order chi connectivity index (χ0) is 22.3. The van der Waals surface area contributed by atoms with Crippen LogP contribution in [0.15, 0.2) is 66.9 Å². The molecule has 32 heavy (non-hydrogen) atoms. The average Bonchev–Trinajstić information content (AvgIpc) is 2.83. The van der Waals surface area contributed by atoms with Crippen LogP contribution in [0.2, 0.25) is 0 Å². The van der Waals surface area contributed by atoms with Gasteiger partial charge in [0.2, 0.25) is 0 Å². The van der Waals surface area contributed by atoms with Crippen molar-refractivity contribution in [3.05, 3.63) is 89.1 Å². The van der Waals surface area contributed by atoms with Crippen molar-refractivity contribution in [3.63, 3.8) is 0 Å². The number of likely N-dealkylation sites (tertiary alicyclic amines) is 1. The normalized spacial score (nSPS) is 13.5. The van der Waals surface area contributed by atoms with Crippen LogP contribution in [0.5, 0.6) is 0 Å². The Balaban J connectivity index is 1.42. The van der Waals surface area contributed by atoms with Crippen molar-refractivity contribution in [1.29, 1.82) is 0 Å². The minimum atomic E-state index is -0.144. The molecule has 3 aromatic rings. The van der Waals surface area contributed by atoms with E-state index in [9.17, 15) is 9.59 Å². The van der Waals surface area contributed by atoms with Gasteiger partial charge in [-0.25, -0.2) is 4.98 Å². The third-order valence-electron chi connectivity index (χ3n) is 5.64. The number of anilines is 2. The quantitative estimate of drug-likeness (QED) is 0.587. The Morgan fingerprint density at radius 3 is 2.53 bits per heavy atom. The molecule has 0 spiro atoms. The van der Waals surface area contributed by atoms with Gasteiger partial charge in [-0.2, -0.15) is 0 Å². The molecule has 2 heterocycles. The number of carbonyl (C=O) groups excluding carboxylic acids is 2. The van der Waals surface area contributed by atoms with E-state index in [1.54, 1.807) is 12.3 Å². The lowest BCUT2D eigenvalue weighted by molar-refractivity contribution is 0.0724. The first-order valence-electron chi connectivity index (χ1n) is 11.1. The van der Waals surface area contributed by atoms with Crippen LogP contribution in [0.4, 0.5) is 11.5 Å². The van der Waals surface area contributed by atoms with E-state index in [2.05, 4.69) is 15.6 Å². The largest absolute Gasteiger partial charge is 0.365 e. The van der Waals surface area contributed by atoms with Gasteiger partial charge in [0, 0.05) is 37.1 Å². The van der Waals surface area contributed by atoms with Gasteiger partial charge in [-0.3, -0.25) is 9.59 Å². The number of nitrogens with one attached hydrogen (secondary N) is 2. The number of hydrogen-bond acceptors (Lipinski definition) is 4. The first-order valence-corrected chi connectivity index (χ1v) is 11.1. The summed E-state index contributed by atoms with van der Waals surface area (Å²) >= 11 is 0. The van der Waals surface area contributed by atoms with E-state index >= 15 is 0 Å². The van der Waals surface area contributed by atoms with Gasteiger partial charge in [0.05, 0.1) is 5.56 Å². The van der Waals surface area contributed by atoms with E-state index < -0.39 is 0 Å². The lowest BCUT2D eigenvalue weighted by Gasteiger charge is -2.27. The predicted molar refractivity (Wildman–Crippen MR) is 127 cm³/mol. The third kappa shape index (κ3) is 5.32. The lowest BCUT2D eigenvalue weighted by Crippen LogP contribution is -2.36. The number of carbonyl (C=O) groups is 2. The molecular formula is C26H28N4O2. The minimum absolute atomic E-state index is 0.0272. The summed E-state index contributed by atoms with van der Waals surface area (Å²) in [5.74, 6) is 0.464. The number of nitrogens with zero attached hydrogens (tertiary/aromatic N) is 2. The number of aryl methyl sites for hydroxylation is 1. The molecule has 4 rings (SSSR count). The summed E-state index contributed by atoms with van der Waals surface area (Å²) in [6.45, 7) is 4.09. The molecule has 1 aromatic heterocycles. The average molecular weight is 429 g/mol. The number of pyridine rings is 1. The fourth-order valence-corrected chi connectivity index (χ4v) is 3.84. The van der Waals surface area contributed by atoms with Gasteiger partial charge in [-0.1, -0.05) is 29.8 Å². The molecule has 0 bridgehead atoms. The number of benzene rings is 2. The Morgan fingerprint density at radius 2 is 1.75 bits per heavy atom. The molecule has 6 heteroatoms. The molecule has 0 atom stereocenters. The second-order valence-corrected chi connectivity index (χ2v) is 8.13. The van der Waals surface area contributed by atoms with E-state index in [0.29, 0.717) is 23.5 Å². The topological polar surface area (TPSA) is 74.3 Å². The summed E-state index contributed by atoms with van der Waals surface area (Å²) in [5.41, 5.74) is 4.03. The fraction of sp³-hybridized carbons (Fsp3) is 0.269. The number of rotatable bonds is 6. The molecule has 1 fully saturated rings. The van der Waals surface area contributed by atoms with Gasteiger partial charge < -0.3 is 15.5 Å². The second-order valence-electron chi connectivity index (χ2n) is 8.13. The molecule has 2 aromatic carbocycles. The highest BCUT2D eigenvalue weighted by Gasteiger charge is 2.21. The molecule has 0 saturated carbocycles. The summed E-state index contributed by atoms with van der Waals surface area (Å²) in [4.78, 5) is 31.8. The van der Waals surface area contributed by atoms with E-state index in [4.69, 9.17) is 0 Å². The first-order chi connectivity index (χ1) is 15.6. The van der Waals surface area contributed by atoms with Crippen molar-refractivity contribution >= 4 is 23.3 Å². The maximum absolute atomic E-state index is 13.0. The molecule has 1 aliphatic heterocycles. The van der Waals surface area contributed by atoms with Crippen LogP contribution in [0, 0.1) is 6.92 Å². The van der Waals surface area contributed by atoms with E-state index in [1.165, 1.54) is 6.42 Å². The van der Waals surface area contributed by atoms with Gasteiger partial charge in [-0.15, -0.1) is 0 Å². The van der Waals surface area contributed by atoms with Crippen molar-refractivity contribution in [1.82, 2.24) is 9.88 Å². The smallest absolute Gasteiger partial charge is 0.257 e. The van der Waals surface area contributed by atoms with Crippen LogP contribution in [-0.2, 0) is 6.54 Å². The monoisotopic (exact) mass is 428 g/mol. The maximum atomic E-state index is 13.0. The van der Waals surface area contributed by atoms with Crippen LogP contribution >= 0.6 is 0 Å². The van der Waals surface area contributed by atoms with E-state index in [-0.39, 0.29) is 11.8 Å². The molecule has 2 N–H and O–H groups in total. The highest BCUT2D eigenvalue weighted by atomic mass is 16.2. The Morgan fingerprint density at radius 1 is 0.969 bits per heavy atom. The number of hydrogen-bond donors (Lipinski definition) is 2. The molecule has 0 radical (unpaired) electrons. The van der Waals surface area contributed by atoms with Crippen LogP contribution < -0.4 is 10.6 Å². The summed E-state index contributed by atoms with van der Waals surface area (Å²) in [5, 5.41) is 6.24. The van der Waals surface area contributed by atoms with Gasteiger partial charge in [0.25, 0.3) is 11.8 Å². The summed E-state index contributed by atoms with van der Waals surface area (Å²) in [6.07, 6.45) is 4.97. The summed E-state index contributed by atoms with van der Waals surface area (Å²) in [7, 11) is 0. The molecule has 1 aliphatic rings. The van der Waals surface area contributed by atoms with Gasteiger partial charge in [0.15, 0.2) is 0 Å². The standard InChI is InChI=1S/C26H28N4O2/c1-19-10-12-21(13-11-19)25(31)29-22-8-5-7-20(17-22)18-28-24-23(9-6-14-27-24)26(32)30-15-3-2-4-16-30/h5-14,17H,2-4,15-16,18H2,1H3,(H,27,28)(H,29,31). The summed E-state index contributed by atoms with van der Waals surface area (Å²) in [6, 6.07) is 18.8. The van der Waals surface area contributed by atoms with Gasteiger partial charge >= 0.3 is 0 Å². The predicted octanol–water partition coefficient (Wildman–Crippen LogP) is 4.88. The number of amides is 2. The van der Waals surface area contributed by atoms with Crippen molar-refractivity contribution in [3.8, 4) is 0 Å². The van der Waals surface area contributed by atoms with Crippen LogP contribution in [-0.4, -0.2) is 34.8 Å². The molecule has 1 saturated heterocycles. The zero-order valence-corrected chi connectivity index (χ0v) is 18.3. The Kier molecular flexibility index (Phi) is 6.80. The molecule has 6 nitrogen and oxygen atoms in total. The van der Waals surface area contributed by atoms with Crippen molar-refractivity contribution in [2.24, 2.45) is 0 Å². The highest BCUT2D eigenvalue weighted by Crippen LogP contribution is 2.20. The Bertz CT molecular complexity index is 1090. The first kappa shape index (κ1) is 21.6. The SMILES string of the molecule is Cc1ccc(C(=O)Nc2cccc(CNc3ncccc3C(=O)N3CCCCC3)c2)cc1. The molecule has 164 valence electrons. The lowest BCUT2D eigenvalue weighted by atomic mass is 10.1. The van der Waals surface area contributed by atoms with Gasteiger partial charge in [0.1, 0.15) is 5.82 Å². The third-order valence-corrected chi connectivity index (χ3v) is 5.64. The summed E-state index contributed by atoms with van der Waals surface area (Å²) < 4.78 is 0. The van der Waals surface area contributed by atoms with Crippen LogP contribution in [0.1, 0.15) is 51.1 Å². The Hall–Kier alpha value is -3.67. The number of aromatic nitrogens is 1. The fourth-order valence-electron chi connectivity index (χ4n) is 3.84. The molecule has 2 amide bonds.